The Kier molecular flexibility index (Phi) is 6.24. The number of sulfonamides is 2. The van der Waals surface area contributed by atoms with Gasteiger partial charge in [0.1, 0.15) is 5.82 Å². The largest absolute Gasteiger partial charge is 0.478 e. The molecule has 0 aliphatic carbocycles. The van der Waals surface area contributed by atoms with Crippen LogP contribution in [-0.4, -0.2) is 27.9 Å². The maximum Gasteiger partial charge on any atom is 0.335 e. The van der Waals surface area contributed by atoms with Crippen LogP contribution in [0.4, 0.5) is 15.8 Å². The standard InChI is InChI=1S/C21H19FN2O6S2/c1-13-11-15(21(25)26)12-20(14(13)2)32(29,30)24-18-7-5-17(6-8-18)23-31(27,28)19-9-3-16(22)4-10-19/h3-12,23-24H,1-2H3,(H,25,26). The number of aryl methyl sites for hydroxylation is 1. The monoisotopic (exact) mass is 478 g/mol. The highest BCUT2D eigenvalue weighted by atomic mass is 32.2. The van der Waals surface area contributed by atoms with E-state index in [9.17, 15) is 31.1 Å². The molecule has 3 aromatic carbocycles. The molecule has 0 aliphatic rings. The summed E-state index contributed by atoms with van der Waals surface area (Å²) < 4.78 is 68.1. The number of nitrogens with one attached hydrogen (secondary N) is 2. The Morgan fingerprint density at radius 2 is 1.31 bits per heavy atom. The van der Waals surface area contributed by atoms with E-state index < -0.39 is 31.8 Å². The number of anilines is 2. The summed E-state index contributed by atoms with van der Waals surface area (Å²) in [5, 5.41) is 9.21. The number of hydrogen-bond acceptors (Lipinski definition) is 5. The Morgan fingerprint density at radius 1 is 0.812 bits per heavy atom. The third-order valence-electron chi connectivity index (χ3n) is 4.67. The molecule has 0 unspecified atom stereocenters. The van der Waals surface area contributed by atoms with Gasteiger partial charge in [-0.15, -0.1) is 0 Å². The number of benzene rings is 3. The van der Waals surface area contributed by atoms with Crippen LogP contribution in [0.15, 0.2) is 70.5 Å². The van der Waals surface area contributed by atoms with Crippen molar-refractivity contribution in [2.24, 2.45) is 0 Å². The molecule has 0 saturated heterocycles. The summed E-state index contributed by atoms with van der Waals surface area (Å²) in [5.74, 6) is -1.82. The second-order valence-electron chi connectivity index (χ2n) is 6.96. The van der Waals surface area contributed by atoms with Crippen molar-refractivity contribution in [1.82, 2.24) is 0 Å². The fourth-order valence-electron chi connectivity index (χ4n) is 2.87. The van der Waals surface area contributed by atoms with Gasteiger partial charge in [0.25, 0.3) is 20.0 Å². The van der Waals surface area contributed by atoms with Crippen molar-refractivity contribution in [1.29, 1.82) is 0 Å². The van der Waals surface area contributed by atoms with Gasteiger partial charge in [-0.05, 0) is 85.6 Å². The van der Waals surface area contributed by atoms with Gasteiger partial charge in [-0.2, -0.15) is 0 Å². The van der Waals surface area contributed by atoms with Gasteiger partial charge in [-0.25, -0.2) is 26.0 Å². The summed E-state index contributed by atoms with van der Waals surface area (Å²) in [6.45, 7) is 3.19. The van der Waals surface area contributed by atoms with Crippen molar-refractivity contribution in [2.45, 2.75) is 23.6 Å². The number of halogens is 1. The highest BCUT2D eigenvalue weighted by Crippen LogP contribution is 2.25. The fourth-order valence-corrected chi connectivity index (χ4v) is 5.34. The minimum absolute atomic E-state index is 0.132. The Labute approximate surface area is 184 Å². The molecule has 8 nitrogen and oxygen atoms in total. The molecule has 0 saturated carbocycles. The molecule has 3 N–H and O–H groups in total. The fraction of sp³-hybridized carbons (Fsp3) is 0.0952. The highest BCUT2D eigenvalue weighted by molar-refractivity contribution is 7.93. The molecule has 0 bridgehead atoms. The van der Waals surface area contributed by atoms with Gasteiger partial charge < -0.3 is 5.11 Å². The summed E-state index contributed by atoms with van der Waals surface area (Å²) in [4.78, 5) is 11.0. The topological polar surface area (TPSA) is 130 Å². The molecule has 32 heavy (non-hydrogen) atoms. The molecule has 0 aromatic heterocycles. The third-order valence-corrected chi connectivity index (χ3v) is 7.57. The van der Waals surface area contributed by atoms with Crippen LogP contribution < -0.4 is 9.44 Å². The van der Waals surface area contributed by atoms with E-state index in [-0.39, 0.29) is 26.7 Å². The molecule has 11 heteroatoms. The predicted octanol–water partition coefficient (Wildman–Crippen LogP) is 3.74. The van der Waals surface area contributed by atoms with Crippen LogP contribution in [0, 0.1) is 19.7 Å². The predicted molar refractivity (Wildman–Crippen MR) is 117 cm³/mol. The summed E-state index contributed by atoms with van der Waals surface area (Å²) in [6.07, 6.45) is 0. The maximum absolute atomic E-state index is 13.0. The molecule has 0 amide bonds. The van der Waals surface area contributed by atoms with E-state index in [0.717, 1.165) is 30.3 Å². The van der Waals surface area contributed by atoms with E-state index in [2.05, 4.69) is 9.44 Å². The molecule has 0 aliphatic heterocycles. The van der Waals surface area contributed by atoms with Gasteiger partial charge in [-0.3, -0.25) is 9.44 Å². The van der Waals surface area contributed by atoms with Crippen molar-refractivity contribution < 1.29 is 31.1 Å². The molecule has 3 rings (SSSR count). The first-order valence-electron chi connectivity index (χ1n) is 9.15. The quantitative estimate of drug-likeness (QED) is 0.474. The lowest BCUT2D eigenvalue weighted by molar-refractivity contribution is 0.0696. The minimum Gasteiger partial charge on any atom is -0.478 e. The molecule has 0 heterocycles. The molecule has 3 aromatic rings. The first-order valence-corrected chi connectivity index (χ1v) is 12.1. The van der Waals surface area contributed by atoms with Crippen LogP contribution in [0.1, 0.15) is 21.5 Å². The first-order chi connectivity index (χ1) is 14.9. The van der Waals surface area contributed by atoms with Crippen molar-refractivity contribution in [3.8, 4) is 0 Å². The van der Waals surface area contributed by atoms with Crippen LogP contribution >= 0.6 is 0 Å². The zero-order chi connectivity index (χ0) is 23.7. The Bertz CT molecular complexity index is 1390. The zero-order valence-corrected chi connectivity index (χ0v) is 18.6. The Hall–Kier alpha value is -3.44. The second kappa shape index (κ2) is 8.60. The molecular formula is C21H19FN2O6S2. The maximum atomic E-state index is 13.0. The van der Waals surface area contributed by atoms with Gasteiger partial charge in [0.2, 0.25) is 0 Å². The van der Waals surface area contributed by atoms with E-state index in [1.807, 2.05) is 0 Å². The summed E-state index contributed by atoms with van der Waals surface area (Å²) in [7, 11) is -8.06. The number of carbonyl (C=O) groups is 1. The first kappa shape index (κ1) is 23.2. The lowest BCUT2D eigenvalue weighted by Gasteiger charge is -2.14. The Balaban J connectivity index is 1.83. The smallest absolute Gasteiger partial charge is 0.335 e. The molecule has 0 radical (unpaired) electrons. The average molecular weight is 479 g/mol. The Morgan fingerprint density at radius 3 is 1.81 bits per heavy atom. The highest BCUT2D eigenvalue weighted by Gasteiger charge is 2.21. The zero-order valence-electron chi connectivity index (χ0n) is 17.0. The number of hydrogen-bond donors (Lipinski definition) is 3. The van der Waals surface area contributed by atoms with Gasteiger partial charge in [0, 0.05) is 11.4 Å². The van der Waals surface area contributed by atoms with E-state index >= 15 is 0 Å². The lowest BCUT2D eigenvalue weighted by Crippen LogP contribution is -2.16. The molecule has 0 atom stereocenters. The van der Waals surface area contributed by atoms with Crippen LogP contribution in [-0.2, 0) is 20.0 Å². The molecule has 168 valence electrons. The third kappa shape index (κ3) is 5.06. The number of rotatable bonds is 7. The average Bonchev–Trinajstić information content (AvgIpc) is 2.71. The van der Waals surface area contributed by atoms with Gasteiger partial charge in [0.05, 0.1) is 15.4 Å². The summed E-state index contributed by atoms with van der Waals surface area (Å²) in [6, 6.07) is 12.2. The lowest BCUT2D eigenvalue weighted by atomic mass is 10.1. The van der Waals surface area contributed by atoms with Crippen LogP contribution in [0.2, 0.25) is 0 Å². The number of carboxylic acid groups (broad SMARTS) is 1. The van der Waals surface area contributed by atoms with Crippen LogP contribution in [0.3, 0.4) is 0 Å². The van der Waals surface area contributed by atoms with E-state index in [0.29, 0.717) is 11.1 Å². The normalized spacial score (nSPS) is 11.7. The van der Waals surface area contributed by atoms with Crippen molar-refractivity contribution in [2.75, 3.05) is 9.44 Å². The van der Waals surface area contributed by atoms with Crippen molar-refractivity contribution >= 4 is 37.4 Å². The molecule has 0 fully saturated rings. The second-order valence-corrected chi connectivity index (χ2v) is 10.3. The van der Waals surface area contributed by atoms with Gasteiger partial charge >= 0.3 is 5.97 Å². The summed E-state index contributed by atoms with van der Waals surface area (Å²) >= 11 is 0. The van der Waals surface area contributed by atoms with Gasteiger partial charge in [0.15, 0.2) is 0 Å². The van der Waals surface area contributed by atoms with E-state index in [1.165, 1.54) is 30.3 Å². The van der Waals surface area contributed by atoms with Gasteiger partial charge in [-0.1, -0.05) is 0 Å². The van der Waals surface area contributed by atoms with Crippen LogP contribution in [0.25, 0.3) is 0 Å². The van der Waals surface area contributed by atoms with E-state index in [4.69, 9.17) is 0 Å². The number of carboxylic acids is 1. The molecular weight excluding hydrogens is 459 g/mol. The van der Waals surface area contributed by atoms with E-state index in [1.54, 1.807) is 13.8 Å². The van der Waals surface area contributed by atoms with Crippen LogP contribution in [0.5, 0.6) is 0 Å². The minimum atomic E-state index is -4.11. The number of aromatic carboxylic acids is 1. The molecule has 0 spiro atoms. The SMILES string of the molecule is Cc1cc(C(=O)O)cc(S(=O)(=O)Nc2ccc(NS(=O)(=O)c3ccc(F)cc3)cc2)c1C. The van der Waals surface area contributed by atoms with Crippen molar-refractivity contribution in [3.63, 3.8) is 0 Å². The van der Waals surface area contributed by atoms with Crippen molar-refractivity contribution in [3.05, 3.63) is 83.2 Å². The summed E-state index contributed by atoms with van der Waals surface area (Å²) in [5.41, 5.74) is 1.07.